The first-order chi connectivity index (χ1) is 9.01. The molecule has 0 spiro atoms. The number of nitrogens with one attached hydrogen (secondary N) is 2. The number of hydrogen-bond donors (Lipinski definition) is 3. The number of rotatable bonds is 6. The van der Waals surface area contributed by atoms with Crippen molar-refractivity contribution in [2.45, 2.75) is 32.9 Å². The fourth-order valence-corrected chi connectivity index (χ4v) is 2.26. The molecule has 0 aromatic heterocycles. The Kier molecular flexibility index (Phi) is 6.87. The van der Waals surface area contributed by atoms with Crippen LogP contribution in [0.25, 0.3) is 0 Å². The van der Waals surface area contributed by atoms with Crippen LogP contribution in [0, 0.1) is 5.92 Å². The molecule has 0 bridgehead atoms. The molecule has 106 valence electrons. The number of carbonyl (C=O) groups excluding carboxylic acids is 1. The maximum absolute atomic E-state index is 11.7. The van der Waals surface area contributed by atoms with Crippen molar-refractivity contribution in [3.8, 4) is 0 Å². The van der Waals surface area contributed by atoms with Gasteiger partial charge in [-0.15, -0.1) is 0 Å². The lowest BCUT2D eigenvalue weighted by molar-refractivity contribution is 0.206. The monoisotopic (exact) mass is 328 g/mol. The molecule has 1 aromatic rings. The van der Waals surface area contributed by atoms with Gasteiger partial charge in [-0.3, -0.25) is 0 Å². The van der Waals surface area contributed by atoms with Crippen molar-refractivity contribution in [3.05, 3.63) is 34.3 Å². The third kappa shape index (κ3) is 6.59. The number of urea groups is 1. The molecule has 0 radical (unpaired) electrons. The third-order valence-corrected chi connectivity index (χ3v) is 3.15. The van der Waals surface area contributed by atoms with Gasteiger partial charge in [0.05, 0.1) is 12.6 Å². The highest BCUT2D eigenvalue weighted by Crippen LogP contribution is 2.11. The van der Waals surface area contributed by atoms with Crippen LogP contribution in [0.5, 0.6) is 0 Å². The van der Waals surface area contributed by atoms with E-state index in [-0.39, 0.29) is 18.7 Å². The average molecular weight is 329 g/mol. The summed E-state index contributed by atoms with van der Waals surface area (Å²) < 4.78 is 0.986. The fraction of sp³-hybridized carbons (Fsp3) is 0.500. The maximum Gasteiger partial charge on any atom is 0.315 e. The molecule has 0 saturated carbocycles. The highest BCUT2D eigenvalue weighted by Gasteiger charge is 2.12. The van der Waals surface area contributed by atoms with Gasteiger partial charge in [0, 0.05) is 11.0 Å². The minimum absolute atomic E-state index is 0.0392. The first-order valence-corrected chi connectivity index (χ1v) is 7.20. The molecule has 0 fully saturated rings. The molecule has 2 amide bonds. The summed E-state index contributed by atoms with van der Waals surface area (Å²) in [6.07, 6.45) is 0.765. The minimum atomic E-state index is -0.250. The van der Waals surface area contributed by atoms with E-state index in [1.54, 1.807) is 0 Å². The Morgan fingerprint density at radius 3 is 2.74 bits per heavy atom. The number of aliphatic hydroxyl groups excluding tert-OH is 1. The van der Waals surface area contributed by atoms with E-state index in [4.69, 9.17) is 0 Å². The molecule has 0 aliphatic rings. The number of amides is 2. The van der Waals surface area contributed by atoms with Gasteiger partial charge in [0.15, 0.2) is 0 Å². The fourth-order valence-electron chi connectivity index (χ4n) is 1.81. The minimum Gasteiger partial charge on any atom is -0.394 e. The Balaban J connectivity index is 2.38. The zero-order chi connectivity index (χ0) is 14.3. The predicted octanol–water partition coefficient (Wildman–Crippen LogP) is 2.66. The Hall–Kier alpha value is -1.07. The van der Waals surface area contributed by atoms with Crippen molar-refractivity contribution in [2.75, 3.05) is 6.61 Å². The molecule has 0 aliphatic carbocycles. The second-order valence-corrected chi connectivity index (χ2v) is 5.88. The molecular weight excluding hydrogens is 308 g/mol. The molecule has 1 rings (SSSR count). The highest BCUT2D eigenvalue weighted by molar-refractivity contribution is 9.10. The van der Waals surface area contributed by atoms with Gasteiger partial charge in [0.1, 0.15) is 0 Å². The maximum atomic E-state index is 11.7. The van der Waals surface area contributed by atoms with E-state index in [0.29, 0.717) is 12.5 Å². The highest BCUT2D eigenvalue weighted by atomic mass is 79.9. The summed E-state index contributed by atoms with van der Waals surface area (Å²) in [5, 5.41) is 14.8. The van der Waals surface area contributed by atoms with Crippen LogP contribution < -0.4 is 10.6 Å². The summed E-state index contributed by atoms with van der Waals surface area (Å²) in [4.78, 5) is 11.7. The van der Waals surface area contributed by atoms with Gasteiger partial charge in [0.25, 0.3) is 0 Å². The van der Waals surface area contributed by atoms with Crippen LogP contribution in [0.2, 0.25) is 0 Å². The van der Waals surface area contributed by atoms with Gasteiger partial charge < -0.3 is 15.7 Å². The van der Waals surface area contributed by atoms with E-state index in [9.17, 15) is 9.90 Å². The quantitative estimate of drug-likeness (QED) is 0.751. The molecule has 0 heterocycles. The van der Waals surface area contributed by atoms with Crippen molar-refractivity contribution in [1.29, 1.82) is 0 Å². The van der Waals surface area contributed by atoms with Crippen LogP contribution in [0.15, 0.2) is 28.7 Å². The second kappa shape index (κ2) is 8.17. The van der Waals surface area contributed by atoms with Crippen LogP contribution in [0.3, 0.4) is 0 Å². The molecule has 1 aromatic carbocycles. The number of halogens is 1. The van der Waals surface area contributed by atoms with Gasteiger partial charge in [-0.25, -0.2) is 4.79 Å². The van der Waals surface area contributed by atoms with Crippen LogP contribution in [-0.4, -0.2) is 23.8 Å². The van der Waals surface area contributed by atoms with E-state index in [2.05, 4.69) is 40.4 Å². The normalized spacial score (nSPS) is 12.3. The number of aliphatic hydroxyl groups is 1. The van der Waals surface area contributed by atoms with E-state index in [1.807, 2.05) is 24.3 Å². The largest absolute Gasteiger partial charge is 0.394 e. The zero-order valence-corrected chi connectivity index (χ0v) is 12.9. The van der Waals surface area contributed by atoms with Crippen LogP contribution in [0.1, 0.15) is 25.8 Å². The molecular formula is C14H21BrN2O2. The van der Waals surface area contributed by atoms with E-state index in [1.165, 1.54) is 0 Å². The van der Waals surface area contributed by atoms with Gasteiger partial charge >= 0.3 is 6.03 Å². The van der Waals surface area contributed by atoms with Crippen molar-refractivity contribution >= 4 is 22.0 Å². The van der Waals surface area contributed by atoms with E-state index < -0.39 is 0 Å². The van der Waals surface area contributed by atoms with Crippen LogP contribution in [-0.2, 0) is 6.54 Å². The van der Waals surface area contributed by atoms with Crippen LogP contribution >= 0.6 is 15.9 Å². The first kappa shape index (κ1) is 16.0. The molecule has 1 unspecified atom stereocenters. The summed E-state index contributed by atoms with van der Waals surface area (Å²) in [5.41, 5.74) is 1.02. The Bertz CT molecular complexity index is 410. The lowest BCUT2D eigenvalue weighted by Crippen LogP contribution is -2.44. The average Bonchev–Trinajstić information content (AvgIpc) is 2.35. The van der Waals surface area contributed by atoms with E-state index >= 15 is 0 Å². The van der Waals surface area contributed by atoms with Crippen molar-refractivity contribution in [1.82, 2.24) is 10.6 Å². The molecule has 1 atom stereocenters. The topological polar surface area (TPSA) is 61.4 Å². The van der Waals surface area contributed by atoms with Gasteiger partial charge in [-0.05, 0) is 30.0 Å². The first-order valence-electron chi connectivity index (χ1n) is 6.41. The summed E-state index contributed by atoms with van der Waals surface area (Å²) in [7, 11) is 0. The molecule has 3 N–H and O–H groups in total. The summed E-state index contributed by atoms with van der Waals surface area (Å²) in [5.74, 6) is 0.433. The standard InChI is InChI=1S/C14H21BrN2O2/c1-10(2)6-13(9-18)17-14(19)16-8-11-4-3-5-12(15)7-11/h3-5,7,10,13,18H,6,8-9H2,1-2H3,(H2,16,17,19). The molecule has 5 heteroatoms. The summed E-state index contributed by atoms with van der Waals surface area (Å²) >= 11 is 3.39. The second-order valence-electron chi connectivity index (χ2n) is 4.97. The summed E-state index contributed by atoms with van der Waals surface area (Å²) in [6, 6.07) is 7.32. The van der Waals surface area contributed by atoms with Gasteiger partial charge in [0.2, 0.25) is 0 Å². The smallest absolute Gasteiger partial charge is 0.315 e. The lowest BCUT2D eigenvalue weighted by Gasteiger charge is -2.18. The summed E-state index contributed by atoms with van der Waals surface area (Å²) in [6.45, 7) is 4.54. The van der Waals surface area contributed by atoms with Crippen molar-refractivity contribution in [2.24, 2.45) is 5.92 Å². The molecule has 0 aliphatic heterocycles. The van der Waals surface area contributed by atoms with Crippen LogP contribution in [0.4, 0.5) is 4.79 Å². The third-order valence-electron chi connectivity index (χ3n) is 2.65. The SMILES string of the molecule is CC(C)CC(CO)NC(=O)NCc1cccc(Br)c1. The Morgan fingerprint density at radius 2 is 2.16 bits per heavy atom. The molecule has 19 heavy (non-hydrogen) atoms. The lowest BCUT2D eigenvalue weighted by atomic mass is 10.0. The van der Waals surface area contributed by atoms with Gasteiger partial charge in [-0.2, -0.15) is 0 Å². The number of carbonyl (C=O) groups is 1. The number of benzene rings is 1. The Morgan fingerprint density at radius 1 is 1.42 bits per heavy atom. The number of hydrogen-bond acceptors (Lipinski definition) is 2. The van der Waals surface area contributed by atoms with E-state index in [0.717, 1.165) is 16.5 Å². The predicted molar refractivity (Wildman–Crippen MR) is 79.8 cm³/mol. The molecule has 0 saturated heterocycles. The van der Waals surface area contributed by atoms with Crippen molar-refractivity contribution < 1.29 is 9.90 Å². The molecule has 4 nitrogen and oxygen atoms in total. The van der Waals surface area contributed by atoms with Crippen molar-refractivity contribution in [3.63, 3.8) is 0 Å². The van der Waals surface area contributed by atoms with Gasteiger partial charge in [-0.1, -0.05) is 41.9 Å². The zero-order valence-electron chi connectivity index (χ0n) is 11.3. The Labute approximate surface area is 122 Å².